The van der Waals surface area contributed by atoms with Gasteiger partial charge >= 0.3 is 18.0 Å². The van der Waals surface area contributed by atoms with E-state index in [1.807, 2.05) is 13.8 Å². The van der Waals surface area contributed by atoms with Crippen LogP contribution >= 0.6 is 0 Å². The number of nitrogens with one attached hydrogen (secondary N) is 7. The van der Waals surface area contributed by atoms with E-state index in [0.29, 0.717) is 41.7 Å². The summed E-state index contributed by atoms with van der Waals surface area (Å²) in [5.41, 5.74) is 9.48. The minimum atomic E-state index is -4.25. The molecule has 2 rings (SSSR count). The number of esters is 1. The lowest BCUT2D eigenvalue weighted by atomic mass is 9.94. The molecule has 0 spiro atoms. The fourth-order valence-electron chi connectivity index (χ4n) is 6.48. The van der Waals surface area contributed by atoms with Crippen molar-refractivity contribution in [2.24, 2.45) is 5.11 Å². The first-order chi connectivity index (χ1) is 29.0. The number of alkyl carbamates (subject to hydrolysis) is 1. The molecule has 22 nitrogen and oxygen atoms in total. The summed E-state index contributed by atoms with van der Waals surface area (Å²) in [6.07, 6.45) is -0.179. The summed E-state index contributed by atoms with van der Waals surface area (Å²) >= 11 is 0. The fourth-order valence-corrected chi connectivity index (χ4v) is 8.01. The molecular formula is C40H64N10O12S. The van der Waals surface area contributed by atoms with Crippen LogP contribution in [0.1, 0.15) is 116 Å². The van der Waals surface area contributed by atoms with Crippen molar-refractivity contribution in [3.8, 4) is 5.75 Å². The summed E-state index contributed by atoms with van der Waals surface area (Å²) in [6.45, 7) is 18.2. The Kier molecular flexibility index (Phi) is 19.0. The maximum absolute atomic E-state index is 13.6. The Balaban J connectivity index is 2.15. The van der Waals surface area contributed by atoms with Crippen molar-refractivity contribution >= 4 is 51.7 Å². The molecule has 0 saturated carbocycles. The van der Waals surface area contributed by atoms with Crippen molar-refractivity contribution < 1.29 is 56.5 Å². The average molecular weight is 909 g/mol. The highest BCUT2D eigenvalue weighted by Crippen LogP contribution is 2.43. The molecule has 1 aliphatic rings. The Labute approximate surface area is 368 Å². The Morgan fingerprint density at radius 3 is 2.06 bits per heavy atom. The second kappa shape index (κ2) is 22.5. The maximum atomic E-state index is 13.6. The summed E-state index contributed by atoms with van der Waals surface area (Å²) in [6, 6.07) is -4.33. The van der Waals surface area contributed by atoms with E-state index in [0.717, 1.165) is 5.56 Å². The maximum Gasteiger partial charge on any atom is 0.407 e. The summed E-state index contributed by atoms with van der Waals surface area (Å²) in [7, 11) is -4.25. The third-order valence-electron chi connectivity index (χ3n) is 9.31. The van der Waals surface area contributed by atoms with E-state index in [2.05, 4.69) is 41.3 Å². The predicted octanol–water partition coefficient (Wildman–Crippen LogP) is 3.18. The molecule has 1 aromatic carbocycles. The number of guanidine groups is 1. The smallest absolute Gasteiger partial charge is 0.407 e. The zero-order valence-electron chi connectivity index (χ0n) is 38.0. The molecule has 0 unspecified atom stereocenters. The van der Waals surface area contributed by atoms with Crippen molar-refractivity contribution in [3.63, 3.8) is 0 Å². The van der Waals surface area contributed by atoms with Crippen LogP contribution in [0.5, 0.6) is 5.75 Å². The highest BCUT2D eigenvalue weighted by molar-refractivity contribution is 7.90. The molecule has 8 N–H and O–H groups in total. The van der Waals surface area contributed by atoms with Gasteiger partial charge in [0.05, 0.1) is 17.9 Å². The van der Waals surface area contributed by atoms with Crippen LogP contribution in [0.3, 0.4) is 0 Å². The van der Waals surface area contributed by atoms with Gasteiger partial charge in [0.25, 0.3) is 10.0 Å². The number of carbonyl (C=O) groups is 6. The first-order valence-corrected chi connectivity index (χ1v) is 21.9. The van der Waals surface area contributed by atoms with Gasteiger partial charge in [-0.05, 0) is 124 Å². The Morgan fingerprint density at radius 1 is 0.857 bits per heavy atom. The Bertz CT molecular complexity index is 2060. The SMILES string of the molecule is Cc1c(C)c(S(=O)(=O)NC(=N)NCCC[C@H](NC(=O)[C@H](CCCCNC(=O)OC(C)(C)C)N=[N+]=[N-])C(=O)NCC(=O)N[C@@H](CC(=O)OC(C)(C)C)C(=O)O)c(C)c2c1OC(C)(C)C2. The number of carboxylic acids is 1. The Morgan fingerprint density at radius 2 is 1.48 bits per heavy atom. The number of benzene rings is 1. The largest absolute Gasteiger partial charge is 0.487 e. The molecular weight excluding hydrogens is 845 g/mol. The molecule has 0 saturated heterocycles. The number of azide groups is 1. The zero-order valence-corrected chi connectivity index (χ0v) is 38.8. The highest BCUT2D eigenvalue weighted by Gasteiger charge is 2.37. The second-order valence-electron chi connectivity index (χ2n) is 17.8. The van der Waals surface area contributed by atoms with Crippen LogP contribution in [-0.2, 0) is 49.9 Å². The standard InChI is InChI=1S/C40H64N10O12S/c1-22-23(2)32(24(3)25-20-40(10,11)61-31(22)25)63(58,59)49-36(41)43-18-14-16-26(33(53)45-21-29(51)46-28(35(55)56)19-30(52)60-38(4,5)6)47-34(54)27(48-50-42)15-12-13-17-44-37(57)62-39(7,8)9/h26-28H,12-21H2,1-11H3,(H,44,57)(H,45,53)(H,46,51)(H,47,54)(H,55,56)(H3,41,43,49)/t26-,27-,28-/m0/s1. The molecule has 0 radical (unpaired) electrons. The van der Waals surface area contributed by atoms with Crippen molar-refractivity contribution in [2.75, 3.05) is 19.6 Å². The monoisotopic (exact) mass is 908 g/mol. The van der Waals surface area contributed by atoms with Gasteiger partial charge in [0.1, 0.15) is 40.7 Å². The van der Waals surface area contributed by atoms with E-state index < -0.39 is 99.6 Å². The third kappa shape index (κ3) is 17.8. The van der Waals surface area contributed by atoms with Crippen LogP contribution in [0.4, 0.5) is 4.79 Å². The first kappa shape index (κ1) is 53.3. The van der Waals surface area contributed by atoms with Crippen molar-refractivity contribution in [2.45, 2.75) is 161 Å². The van der Waals surface area contributed by atoms with E-state index in [4.69, 9.17) is 19.6 Å². The van der Waals surface area contributed by atoms with Gasteiger partial charge in [-0.15, -0.1) is 0 Å². The Hall–Kier alpha value is -5.83. The molecule has 4 amide bonds. The number of hydrogen-bond acceptors (Lipinski definition) is 13. The summed E-state index contributed by atoms with van der Waals surface area (Å²) in [5, 5.41) is 33.7. The lowest BCUT2D eigenvalue weighted by Gasteiger charge is -2.22. The van der Waals surface area contributed by atoms with E-state index in [9.17, 15) is 47.8 Å². The van der Waals surface area contributed by atoms with E-state index in [-0.39, 0.29) is 37.2 Å². The number of hydrogen-bond donors (Lipinski definition) is 8. The molecule has 0 fully saturated rings. The number of ether oxygens (including phenoxy) is 3. The average Bonchev–Trinajstić information content (AvgIpc) is 3.47. The number of sulfonamides is 1. The summed E-state index contributed by atoms with van der Waals surface area (Å²) in [4.78, 5) is 78.3. The van der Waals surface area contributed by atoms with Crippen LogP contribution in [0.2, 0.25) is 0 Å². The highest BCUT2D eigenvalue weighted by atomic mass is 32.2. The van der Waals surface area contributed by atoms with Crippen LogP contribution in [-0.4, -0.2) is 110 Å². The van der Waals surface area contributed by atoms with E-state index in [1.165, 1.54) is 0 Å². The number of nitrogens with zero attached hydrogens (tertiary/aromatic N) is 3. The topological polar surface area (TPSA) is 329 Å². The van der Waals surface area contributed by atoms with Gasteiger partial charge in [0.2, 0.25) is 23.7 Å². The van der Waals surface area contributed by atoms with Gasteiger partial charge in [-0.25, -0.2) is 22.7 Å². The molecule has 1 aliphatic heterocycles. The normalized spacial score (nSPS) is 14.5. The minimum Gasteiger partial charge on any atom is -0.487 e. The number of unbranched alkanes of at least 4 members (excludes halogenated alkanes) is 1. The number of aliphatic carboxylic acids is 1. The summed E-state index contributed by atoms with van der Waals surface area (Å²) < 4.78 is 45.9. The number of fused-ring (bicyclic) bond motifs is 1. The van der Waals surface area contributed by atoms with Gasteiger partial charge in [0.15, 0.2) is 0 Å². The molecule has 63 heavy (non-hydrogen) atoms. The summed E-state index contributed by atoms with van der Waals surface area (Å²) in [5.74, 6) is -5.02. The van der Waals surface area contributed by atoms with Gasteiger partial charge in [0, 0.05) is 30.0 Å². The van der Waals surface area contributed by atoms with Crippen molar-refractivity contribution in [1.82, 2.24) is 31.3 Å². The van der Waals surface area contributed by atoms with E-state index >= 15 is 0 Å². The van der Waals surface area contributed by atoms with Gasteiger partial charge in [-0.3, -0.25) is 24.6 Å². The van der Waals surface area contributed by atoms with Crippen molar-refractivity contribution in [1.29, 1.82) is 5.41 Å². The van der Waals surface area contributed by atoms with Crippen LogP contribution in [0.25, 0.3) is 10.4 Å². The first-order valence-electron chi connectivity index (χ1n) is 20.5. The lowest BCUT2D eigenvalue weighted by Crippen LogP contribution is -2.52. The quantitative estimate of drug-likeness (QED) is 0.0167. The molecule has 1 aromatic rings. The van der Waals surface area contributed by atoms with Gasteiger partial charge < -0.3 is 45.9 Å². The number of carbonyl (C=O) groups excluding carboxylic acids is 5. The van der Waals surface area contributed by atoms with Crippen molar-refractivity contribution in [3.05, 3.63) is 32.7 Å². The van der Waals surface area contributed by atoms with Gasteiger partial charge in [-0.2, -0.15) is 0 Å². The van der Waals surface area contributed by atoms with E-state index in [1.54, 1.807) is 62.3 Å². The molecule has 1 heterocycles. The van der Waals surface area contributed by atoms with Crippen LogP contribution in [0, 0.1) is 26.2 Å². The number of rotatable bonds is 21. The van der Waals surface area contributed by atoms with Crippen LogP contribution in [0.15, 0.2) is 10.0 Å². The third-order valence-corrected chi connectivity index (χ3v) is 10.9. The molecule has 23 heteroatoms. The molecule has 352 valence electrons. The predicted molar refractivity (Wildman–Crippen MR) is 230 cm³/mol. The van der Waals surface area contributed by atoms with Crippen LogP contribution < -0.4 is 36.0 Å². The molecule has 3 atom stereocenters. The molecule has 0 aromatic heterocycles. The second-order valence-corrected chi connectivity index (χ2v) is 19.4. The number of carboxylic acid groups (broad SMARTS) is 1. The molecule has 0 bridgehead atoms. The fraction of sp³-hybridized carbons (Fsp3) is 0.675. The lowest BCUT2D eigenvalue weighted by molar-refractivity contribution is -0.158. The molecule has 0 aliphatic carbocycles. The zero-order chi connectivity index (χ0) is 48.1. The number of amides is 4. The van der Waals surface area contributed by atoms with Gasteiger partial charge in [-0.1, -0.05) is 11.5 Å². The minimum absolute atomic E-state index is 0.0310.